The topological polar surface area (TPSA) is 67.2 Å². The average molecular weight is 304 g/mol. The maximum absolute atomic E-state index is 13.5. The summed E-state index contributed by atoms with van der Waals surface area (Å²) in [6.07, 6.45) is 0. The van der Waals surface area contributed by atoms with E-state index < -0.39 is 6.03 Å². The van der Waals surface area contributed by atoms with Crippen molar-refractivity contribution in [2.45, 2.75) is 13.0 Å². The van der Waals surface area contributed by atoms with Crippen LogP contribution in [0.25, 0.3) is 0 Å². The number of carbonyl (C=O) groups is 1. The molecule has 0 spiro atoms. The van der Waals surface area contributed by atoms with Gasteiger partial charge in [0.05, 0.1) is 0 Å². The Morgan fingerprint density at radius 2 is 2.24 bits per heavy atom. The number of rotatable bonds is 5. The molecule has 0 aliphatic carbocycles. The van der Waals surface area contributed by atoms with E-state index in [0.29, 0.717) is 18.7 Å². The van der Waals surface area contributed by atoms with Gasteiger partial charge in [0.1, 0.15) is 5.82 Å². The van der Waals surface area contributed by atoms with E-state index in [1.54, 1.807) is 12.1 Å². The molecule has 4 N–H and O–H groups in total. The molecule has 1 atom stereocenters. The number of carbonyl (C=O) groups excluding carboxylic acids is 1. The SMILES string of the molecule is CC(NCCNC(N)=O)c1cc(Br)ccc1F. The maximum Gasteiger partial charge on any atom is 0.312 e. The minimum atomic E-state index is -0.562. The molecule has 0 aliphatic rings. The van der Waals surface area contributed by atoms with Crippen LogP contribution < -0.4 is 16.4 Å². The van der Waals surface area contributed by atoms with Crippen LogP contribution in [0.15, 0.2) is 22.7 Å². The van der Waals surface area contributed by atoms with E-state index in [1.807, 2.05) is 6.92 Å². The van der Waals surface area contributed by atoms with Crippen molar-refractivity contribution in [1.29, 1.82) is 0 Å². The van der Waals surface area contributed by atoms with Crippen LogP contribution in [-0.2, 0) is 0 Å². The number of nitrogens with two attached hydrogens (primary N) is 1. The molecule has 0 bridgehead atoms. The van der Waals surface area contributed by atoms with Crippen LogP contribution in [0, 0.1) is 5.82 Å². The zero-order chi connectivity index (χ0) is 12.8. The predicted octanol–water partition coefficient (Wildman–Crippen LogP) is 1.91. The summed E-state index contributed by atoms with van der Waals surface area (Å²) in [5.41, 5.74) is 5.50. The average Bonchev–Trinajstić information content (AvgIpc) is 2.27. The molecule has 94 valence electrons. The molecular weight excluding hydrogens is 289 g/mol. The molecule has 1 aromatic carbocycles. The molecule has 1 unspecified atom stereocenters. The molecule has 0 aliphatic heterocycles. The van der Waals surface area contributed by atoms with Crippen molar-refractivity contribution >= 4 is 22.0 Å². The number of amides is 2. The molecule has 17 heavy (non-hydrogen) atoms. The van der Waals surface area contributed by atoms with Crippen molar-refractivity contribution in [3.8, 4) is 0 Å². The number of urea groups is 1. The first-order valence-electron chi connectivity index (χ1n) is 5.22. The molecule has 4 nitrogen and oxygen atoms in total. The molecule has 0 fully saturated rings. The fourth-order valence-corrected chi connectivity index (χ4v) is 1.81. The van der Waals surface area contributed by atoms with Crippen LogP contribution in [0.1, 0.15) is 18.5 Å². The van der Waals surface area contributed by atoms with Gasteiger partial charge in [0.15, 0.2) is 0 Å². The summed E-state index contributed by atoms with van der Waals surface area (Å²) >= 11 is 3.30. The highest BCUT2D eigenvalue weighted by Crippen LogP contribution is 2.21. The third kappa shape index (κ3) is 4.70. The highest BCUT2D eigenvalue weighted by Gasteiger charge is 2.10. The summed E-state index contributed by atoms with van der Waals surface area (Å²) in [5, 5.41) is 5.54. The Hall–Kier alpha value is -1.14. The van der Waals surface area contributed by atoms with Crippen LogP contribution >= 0.6 is 15.9 Å². The lowest BCUT2D eigenvalue weighted by molar-refractivity contribution is 0.249. The van der Waals surface area contributed by atoms with Gasteiger partial charge in [0.25, 0.3) is 0 Å². The zero-order valence-electron chi connectivity index (χ0n) is 9.47. The number of halogens is 2. The quantitative estimate of drug-likeness (QED) is 0.727. The lowest BCUT2D eigenvalue weighted by Gasteiger charge is -2.15. The number of primary amides is 1. The molecule has 1 rings (SSSR count). The van der Waals surface area contributed by atoms with E-state index in [-0.39, 0.29) is 11.9 Å². The Bertz CT molecular complexity index is 400. The first kappa shape index (κ1) is 13.9. The van der Waals surface area contributed by atoms with Crippen molar-refractivity contribution in [1.82, 2.24) is 10.6 Å². The second-order valence-electron chi connectivity index (χ2n) is 3.63. The van der Waals surface area contributed by atoms with Crippen molar-refractivity contribution < 1.29 is 9.18 Å². The van der Waals surface area contributed by atoms with Gasteiger partial charge in [0, 0.05) is 29.2 Å². The van der Waals surface area contributed by atoms with Gasteiger partial charge in [-0.1, -0.05) is 15.9 Å². The van der Waals surface area contributed by atoms with E-state index in [0.717, 1.165) is 4.47 Å². The Kier molecular flexibility index (Phi) is 5.37. The molecule has 0 saturated heterocycles. The van der Waals surface area contributed by atoms with Gasteiger partial charge < -0.3 is 16.4 Å². The van der Waals surface area contributed by atoms with Crippen LogP contribution in [0.5, 0.6) is 0 Å². The zero-order valence-corrected chi connectivity index (χ0v) is 11.1. The molecule has 2 amide bonds. The number of benzene rings is 1. The van der Waals surface area contributed by atoms with Gasteiger partial charge >= 0.3 is 6.03 Å². The molecule has 0 radical (unpaired) electrons. The molecule has 0 saturated carbocycles. The third-order valence-corrected chi connectivity index (χ3v) is 2.79. The summed E-state index contributed by atoms with van der Waals surface area (Å²) in [7, 11) is 0. The summed E-state index contributed by atoms with van der Waals surface area (Å²) in [5.74, 6) is -0.254. The Morgan fingerprint density at radius 1 is 1.53 bits per heavy atom. The second-order valence-corrected chi connectivity index (χ2v) is 4.55. The fraction of sp³-hybridized carbons (Fsp3) is 0.364. The largest absolute Gasteiger partial charge is 0.352 e. The summed E-state index contributed by atoms with van der Waals surface area (Å²) < 4.78 is 14.3. The number of hydrogen-bond donors (Lipinski definition) is 3. The summed E-state index contributed by atoms with van der Waals surface area (Å²) in [6.45, 7) is 2.79. The fourth-order valence-electron chi connectivity index (χ4n) is 1.43. The van der Waals surface area contributed by atoms with Gasteiger partial charge in [-0.15, -0.1) is 0 Å². The Balaban J connectivity index is 2.49. The van der Waals surface area contributed by atoms with E-state index in [4.69, 9.17) is 5.73 Å². The highest BCUT2D eigenvalue weighted by molar-refractivity contribution is 9.10. The molecule has 1 aromatic rings. The molecular formula is C11H15BrFN3O. The molecule has 6 heteroatoms. The molecule has 0 heterocycles. The first-order chi connectivity index (χ1) is 8.00. The van der Waals surface area contributed by atoms with Crippen molar-refractivity contribution in [2.24, 2.45) is 5.73 Å². The van der Waals surface area contributed by atoms with Gasteiger partial charge in [0.2, 0.25) is 0 Å². The van der Waals surface area contributed by atoms with Crippen molar-refractivity contribution in [3.63, 3.8) is 0 Å². The summed E-state index contributed by atoms with van der Waals surface area (Å²) in [6, 6.07) is 4.10. The van der Waals surface area contributed by atoms with Gasteiger partial charge in [-0.3, -0.25) is 0 Å². The highest BCUT2D eigenvalue weighted by atomic mass is 79.9. The van der Waals surface area contributed by atoms with Crippen molar-refractivity contribution in [2.75, 3.05) is 13.1 Å². The minimum Gasteiger partial charge on any atom is -0.352 e. The van der Waals surface area contributed by atoms with E-state index >= 15 is 0 Å². The summed E-state index contributed by atoms with van der Waals surface area (Å²) in [4.78, 5) is 10.4. The predicted molar refractivity (Wildman–Crippen MR) is 68.1 cm³/mol. The smallest absolute Gasteiger partial charge is 0.312 e. The van der Waals surface area contributed by atoms with Crippen LogP contribution in [0.4, 0.5) is 9.18 Å². The van der Waals surface area contributed by atoms with Gasteiger partial charge in [-0.2, -0.15) is 0 Å². The normalized spacial score (nSPS) is 12.2. The lowest BCUT2D eigenvalue weighted by Crippen LogP contribution is -2.36. The minimum absolute atomic E-state index is 0.137. The third-order valence-electron chi connectivity index (χ3n) is 2.30. The van der Waals surface area contributed by atoms with E-state index in [9.17, 15) is 9.18 Å². The standard InChI is InChI=1S/C11H15BrFN3O/c1-7(15-4-5-16-11(14)17)9-6-8(12)2-3-10(9)13/h2-3,6-7,15H,4-5H2,1H3,(H3,14,16,17). The number of hydrogen-bond acceptors (Lipinski definition) is 2. The number of nitrogens with one attached hydrogen (secondary N) is 2. The van der Waals surface area contributed by atoms with Crippen LogP contribution in [0.3, 0.4) is 0 Å². The monoisotopic (exact) mass is 303 g/mol. The van der Waals surface area contributed by atoms with E-state index in [1.165, 1.54) is 6.07 Å². The van der Waals surface area contributed by atoms with Crippen molar-refractivity contribution in [3.05, 3.63) is 34.1 Å². The van der Waals surface area contributed by atoms with Gasteiger partial charge in [-0.25, -0.2) is 9.18 Å². The first-order valence-corrected chi connectivity index (χ1v) is 6.01. The van der Waals surface area contributed by atoms with Crippen LogP contribution in [0.2, 0.25) is 0 Å². The van der Waals surface area contributed by atoms with E-state index in [2.05, 4.69) is 26.6 Å². The molecule has 0 aromatic heterocycles. The Labute approximate surface area is 108 Å². The second kappa shape index (κ2) is 6.56. The van der Waals surface area contributed by atoms with Crippen LogP contribution in [-0.4, -0.2) is 19.1 Å². The maximum atomic E-state index is 13.5. The van der Waals surface area contributed by atoms with Gasteiger partial charge in [-0.05, 0) is 25.1 Å². The Morgan fingerprint density at radius 3 is 2.88 bits per heavy atom. The lowest BCUT2D eigenvalue weighted by atomic mass is 10.1.